The van der Waals surface area contributed by atoms with Crippen LogP contribution in [0.4, 0.5) is 20.6 Å². The molecule has 0 saturated heterocycles. The number of urea groups is 1. The van der Waals surface area contributed by atoms with Gasteiger partial charge in [-0.25, -0.2) is 9.18 Å². The van der Waals surface area contributed by atoms with Gasteiger partial charge in [0.15, 0.2) is 11.6 Å². The molecule has 10 heteroatoms. The molecule has 3 N–H and O–H groups in total. The van der Waals surface area contributed by atoms with E-state index < -0.39 is 11.8 Å². The summed E-state index contributed by atoms with van der Waals surface area (Å²) in [5.41, 5.74) is 3.56. The number of anilines is 2. The van der Waals surface area contributed by atoms with E-state index in [4.69, 9.17) is 9.47 Å². The van der Waals surface area contributed by atoms with Gasteiger partial charge in [0.25, 0.3) is 0 Å². The summed E-state index contributed by atoms with van der Waals surface area (Å²) < 4.78 is 26.7. The molecular formula is C29H26FN5O3S. The average Bonchev–Trinajstić information content (AvgIpc) is 3.39. The Bertz CT molecular complexity index is 1560. The second kappa shape index (κ2) is 12.4. The lowest BCUT2D eigenvalue weighted by molar-refractivity contribution is 0.199. The minimum absolute atomic E-state index is 0.0370. The van der Waals surface area contributed by atoms with Crippen molar-refractivity contribution in [1.29, 1.82) is 0 Å². The van der Waals surface area contributed by atoms with Crippen molar-refractivity contribution in [2.75, 3.05) is 30.9 Å². The maximum Gasteiger partial charge on any atom is 0.323 e. The van der Waals surface area contributed by atoms with E-state index in [2.05, 4.69) is 25.9 Å². The van der Waals surface area contributed by atoms with E-state index in [1.807, 2.05) is 42.6 Å². The minimum atomic E-state index is -0.606. The molecule has 0 bridgehead atoms. The molecule has 3 aromatic heterocycles. The number of carbonyl (C=O) groups is 1. The highest BCUT2D eigenvalue weighted by Gasteiger charge is 2.14. The fourth-order valence-corrected chi connectivity index (χ4v) is 4.84. The van der Waals surface area contributed by atoms with Crippen LogP contribution in [0.1, 0.15) is 5.56 Å². The molecule has 0 unspecified atom stereocenters. The molecule has 0 saturated carbocycles. The fraction of sp³-hybridized carbons (Fsp3) is 0.138. The number of rotatable bonds is 10. The number of fused-ring (bicyclic) bond motifs is 1. The summed E-state index contributed by atoms with van der Waals surface area (Å²) in [6, 6.07) is 20.4. The molecule has 5 aromatic rings. The summed E-state index contributed by atoms with van der Waals surface area (Å²) in [6.07, 6.45) is 3.47. The summed E-state index contributed by atoms with van der Waals surface area (Å²) in [5.74, 6) is -0.0859. The Morgan fingerprint density at radius 2 is 1.79 bits per heavy atom. The van der Waals surface area contributed by atoms with E-state index in [1.54, 1.807) is 37.6 Å². The van der Waals surface area contributed by atoms with Crippen molar-refractivity contribution in [3.05, 3.63) is 96.6 Å². The number of hydrogen-bond acceptors (Lipinski definition) is 7. The lowest BCUT2D eigenvalue weighted by Gasteiger charge is -2.10. The van der Waals surface area contributed by atoms with Crippen LogP contribution in [-0.4, -0.2) is 36.3 Å². The Balaban J connectivity index is 1.27. The number of nitrogens with zero attached hydrogens (tertiary/aromatic N) is 2. The van der Waals surface area contributed by atoms with Gasteiger partial charge < -0.3 is 25.4 Å². The topological polar surface area (TPSA) is 97.4 Å². The molecule has 0 aliphatic heterocycles. The second-order valence-electron chi connectivity index (χ2n) is 8.55. The van der Waals surface area contributed by atoms with Gasteiger partial charge in [0, 0.05) is 56.1 Å². The predicted molar refractivity (Wildman–Crippen MR) is 152 cm³/mol. The predicted octanol–water partition coefficient (Wildman–Crippen LogP) is 6.67. The number of aromatic nitrogens is 2. The van der Waals surface area contributed by atoms with E-state index in [0.717, 1.165) is 32.9 Å². The molecule has 0 atom stereocenters. The zero-order chi connectivity index (χ0) is 27.0. The van der Waals surface area contributed by atoms with Gasteiger partial charge in [0.1, 0.15) is 5.75 Å². The second-order valence-corrected chi connectivity index (χ2v) is 9.60. The van der Waals surface area contributed by atoms with Crippen molar-refractivity contribution < 1.29 is 18.7 Å². The van der Waals surface area contributed by atoms with Crippen LogP contribution in [-0.2, 0) is 11.3 Å². The van der Waals surface area contributed by atoms with Crippen LogP contribution < -0.4 is 20.7 Å². The number of ether oxygens (including phenoxy) is 2. The first-order valence-electron chi connectivity index (χ1n) is 12.2. The van der Waals surface area contributed by atoms with Gasteiger partial charge in [-0.1, -0.05) is 24.3 Å². The Morgan fingerprint density at radius 3 is 2.56 bits per heavy atom. The third kappa shape index (κ3) is 6.74. The van der Waals surface area contributed by atoms with Crippen LogP contribution in [0, 0.1) is 5.82 Å². The van der Waals surface area contributed by atoms with E-state index in [9.17, 15) is 9.18 Å². The van der Waals surface area contributed by atoms with Gasteiger partial charge in [-0.2, -0.15) is 0 Å². The molecule has 8 nitrogen and oxygen atoms in total. The molecule has 39 heavy (non-hydrogen) atoms. The molecule has 0 fully saturated rings. The molecule has 3 heterocycles. The first kappa shape index (κ1) is 26.2. The van der Waals surface area contributed by atoms with Crippen molar-refractivity contribution in [1.82, 2.24) is 15.3 Å². The molecule has 5 rings (SSSR count). The highest BCUT2D eigenvalue weighted by molar-refractivity contribution is 7.22. The Hall–Kier alpha value is -4.38. The summed E-state index contributed by atoms with van der Waals surface area (Å²) in [6.45, 7) is 2.13. The van der Waals surface area contributed by atoms with Crippen molar-refractivity contribution in [3.63, 3.8) is 0 Å². The number of hydrogen-bond donors (Lipinski definition) is 3. The lowest BCUT2D eigenvalue weighted by atomic mass is 10.2. The molecule has 0 spiro atoms. The number of pyridine rings is 2. The molecule has 2 amide bonds. The molecular weight excluding hydrogens is 517 g/mol. The molecule has 2 aromatic carbocycles. The quantitative estimate of drug-likeness (QED) is 0.170. The van der Waals surface area contributed by atoms with Gasteiger partial charge in [-0.3, -0.25) is 9.97 Å². The highest BCUT2D eigenvalue weighted by atomic mass is 32.1. The molecule has 0 aliphatic carbocycles. The maximum atomic E-state index is 14.9. The smallest absolute Gasteiger partial charge is 0.323 e. The fourth-order valence-electron chi connectivity index (χ4n) is 3.80. The summed E-state index contributed by atoms with van der Waals surface area (Å²) >= 11 is 1.47. The van der Waals surface area contributed by atoms with Crippen LogP contribution in [0.25, 0.3) is 20.8 Å². The third-order valence-electron chi connectivity index (χ3n) is 5.71. The normalized spacial score (nSPS) is 10.9. The molecule has 198 valence electrons. The van der Waals surface area contributed by atoms with Gasteiger partial charge in [0.05, 0.1) is 27.4 Å². The third-order valence-corrected chi connectivity index (χ3v) is 6.87. The number of halogens is 1. The zero-order valence-electron chi connectivity index (χ0n) is 21.1. The minimum Gasteiger partial charge on any atom is -0.453 e. The summed E-state index contributed by atoms with van der Waals surface area (Å²) in [7, 11) is 1.67. The van der Waals surface area contributed by atoms with Crippen molar-refractivity contribution in [3.8, 4) is 22.1 Å². The van der Waals surface area contributed by atoms with E-state index in [0.29, 0.717) is 30.3 Å². The number of amides is 2. The number of nitrogens with one attached hydrogen (secondary N) is 3. The van der Waals surface area contributed by atoms with Gasteiger partial charge in [-0.15, -0.1) is 11.3 Å². The monoisotopic (exact) mass is 543 g/mol. The molecule has 0 aliphatic rings. The zero-order valence-corrected chi connectivity index (χ0v) is 21.9. The number of methoxy groups -OCH3 is 1. The van der Waals surface area contributed by atoms with Crippen LogP contribution in [0.2, 0.25) is 0 Å². The number of para-hydroxylation sites is 1. The summed E-state index contributed by atoms with van der Waals surface area (Å²) in [4.78, 5) is 22.2. The largest absolute Gasteiger partial charge is 0.453 e. The Kier molecular flexibility index (Phi) is 8.37. The van der Waals surface area contributed by atoms with Gasteiger partial charge in [-0.05, 0) is 42.0 Å². The Labute approximate surface area is 228 Å². The average molecular weight is 544 g/mol. The Morgan fingerprint density at radius 1 is 0.949 bits per heavy atom. The van der Waals surface area contributed by atoms with Crippen molar-refractivity contribution >= 4 is 39.0 Å². The van der Waals surface area contributed by atoms with Gasteiger partial charge in [0.2, 0.25) is 0 Å². The first-order valence-corrected chi connectivity index (χ1v) is 13.0. The van der Waals surface area contributed by atoms with Crippen LogP contribution in [0.15, 0.2) is 85.2 Å². The number of benzene rings is 2. The number of thiophene rings is 1. The van der Waals surface area contributed by atoms with Crippen LogP contribution in [0.3, 0.4) is 0 Å². The van der Waals surface area contributed by atoms with E-state index >= 15 is 0 Å². The molecule has 0 radical (unpaired) electrons. The lowest BCUT2D eigenvalue weighted by Crippen LogP contribution is -2.19. The standard InChI is InChI=1S/C29H26FN5O3S/c1-37-14-13-31-17-19-7-9-23(33-18-19)27-16-24-28(39-27)26(11-12-32-24)38-25-10-8-21(15-22(25)30)35-29(36)34-20-5-3-2-4-6-20/h2-12,15-16,18,31H,13-14,17H2,1H3,(H2,34,35,36). The van der Waals surface area contributed by atoms with Gasteiger partial charge >= 0.3 is 6.03 Å². The van der Waals surface area contributed by atoms with E-state index in [-0.39, 0.29) is 5.75 Å². The SMILES string of the molecule is COCCNCc1ccc(-c2cc3nccc(Oc4ccc(NC(=O)Nc5ccccc5)cc4F)c3s2)nc1. The highest BCUT2D eigenvalue weighted by Crippen LogP contribution is 2.39. The number of carbonyl (C=O) groups excluding carboxylic acids is 1. The van der Waals surface area contributed by atoms with Crippen molar-refractivity contribution in [2.45, 2.75) is 6.54 Å². The maximum absolute atomic E-state index is 14.9. The van der Waals surface area contributed by atoms with E-state index in [1.165, 1.54) is 23.5 Å². The van der Waals surface area contributed by atoms with Crippen LogP contribution >= 0.6 is 11.3 Å². The van der Waals surface area contributed by atoms with Crippen LogP contribution in [0.5, 0.6) is 11.5 Å². The van der Waals surface area contributed by atoms with Crippen molar-refractivity contribution in [2.24, 2.45) is 0 Å². The first-order chi connectivity index (χ1) is 19.1. The summed E-state index contributed by atoms with van der Waals surface area (Å²) in [5, 5.41) is 8.62.